The van der Waals surface area contributed by atoms with E-state index in [4.69, 9.17) is 0 Å². The van der Waals surface area contributed by atoms with E-state index in [9.17, 15) is 0 Å². The normalized spacial score (nSPS) is 11.4. The molecule has 0 aliphatic heterocycles. The number of likely N-dealkylation sites (N-methyl/N-ethyl adjacent to an activating group) is 1. The van der Waals surface area contributed by atoms with Gasteiger partial charge in [0.25, 0.3) is 0 Å². The molecule has 0 fully saturated rings. The van der Waals surface area contributed by atoms with Crippen molar-refractivity contribution < 1.29 is 0 Å². The molecule has 0 atom stereocenters. The summed E-state index contributed by atoms with van der Waals surface area (Å²) in [7, 11) is 2.16. The highest BCUT2D eigenvalue weighted by molar-refractivity contribution is 5.14. The average molecular weight is 189 g/mol. The maximum Gasteiger partial charge on any atom is 0.0160 e. The van der Waals surface area contributed by atoms with Crippen LogP contribution in [-0.2, 0) is 6.42 Å². The molecule has 0 radical (unpaired) electrons. The molecule has 1 rings (SSSR count). The molecule has 0 saturated heterocycles. The second kappa shape index (κ2) is 6.39. The van der Waals surface area contributed by atoms with Crippen LogP contribution < -0.4 is 0 Å². The number of allylic oxidation sites excluding steroid dienone is 1. The Kier molecular flexibility index (Phi) is 5.02. The van der Waals surface area contributed by atoms with E-state index in [0.29, 0.717) is 0 Å². The Hall–Kier alpha value is -1.08. The first-order valence-corrected chi connectivity index (χ1v) is 5.16. The summed E-state index contributed by atoms with van der Waals surface area (Å²) >= 11 is 0. The maximum absolute atomic E-state index is 2.33. The fourth-order valence-corrected chi connectivity index (χ4v) is 1.34. The minimum Gasteiger partial charge on any atom is -0.302 e. The van der Waals surface area contributed by atoms with E-state index in [2.05, 4.69) is 61.4 Å². The van der Waals surface area contributed by atoms with Crippen molar-refractivity contribution in [3.05, 3.63) is 48.0 Å². The van der Waals surface area contributed by atoms with Gasteiger partial charge in [-0.25, -0.2) is 0 Å². The molecule has 0 unspecified atom stereocenters. The van der Waals surface area contributed by atoms with Crippen molar-refractivity contribution in [2.75, 3.05) is 20.1 Å². The lowest BCUT2D eigenvalue weighted by Gasteiger charge is -2.13. The first kappa shape index (κ1) is 11.0. The fourth-order valence-electron chi connectivity index (χ4n) is 1.34. The predicted molar refractivity (Wildman–Crippen MR) is 62.5 cm³/mol. The van der Waals surface area contributed by atoms with Gasteiger partial charge in [-0.2, -0.15) is 0 Å². The van der Waals surface area contributed by atoms with Crippen LogP contribution in [0.2, 0.25) is 0 Å². The molecule has 1 aromatic rings. The number of hydrogen-bond acceptors (Lipinski definition) is 1. The van der Waals surface area contributed by atoms with Crippen LogP contribution in [0, 0.1) is 0 Å². The molecule has 0 heterocycles. The summed E-state index contributed by atoms with van der Waals surface area (Å²) in [4.78, 5) is 2.33. The van der Waals surface area contributed by atoms with Gasteiger partial charge in [0.2, 0.25) is 0 Å². The van der Waals surface area contributed by atoms with E-state index in [1.54, 1.807) is 0 Å². The molecular formula is C13H19N. The Bertz CT molecular complexity index is 264. The van der Waals surface area contributed by atoms with Gasteiger partial charge >= 0.3 is 0 Å². The van der Waals surface area contributed by atoms with Gasteiger partial charge in [0.15, 0.2) is 0 Å². The van der Waals surface area contributed by atoms with E-state index in [1.165, 1.54) is 5.56 Å². The van der Waals surface area contributed by atoms with Crippen LogP contribution in [0.5, 0.6) is 0 Å². The summed E-state index contributed by atoms with van der Waals surface area (Å²) in [5.74, 6) is 0. The highest BCUT2D eigenvalue weighted by atomic mass is 15.1. The van der Waals surface area contributed by atoms with Crippen LogP contribution in [0.4, 0.5) is 0 Å². The first-order chi connectivity index (χ1) is 6.83. The zero-order valence-corrected chi connectivity index (χ0v) is 9.11. The number of rotatable bonds is 5. The zero-order valence-electron chi connectivity index (χ0n) is 9.11. The lowest BCUT2D eigenvalue weighted by atomic mass is 10.1. The largest absolute Gasteiger partial charge is 0.302 e. The molecule has 0 N–H and O–H groups in total. The molecule has 0 aromatic heterocycles. The van der Waals surface area contributed by atoms with Gasteiger partial charge in [0.1, 0.15) is 0 Å². The highest BCUT2D eigenvalue weighted by Gasteiger charge is 1.96. The van der Waals surface area contributed by atoms with Crippen LogP contribution >= 0.6 is 0 Å². The lowest BCUT2D eigenvalue weighted by molar-refractivity contribution is 0.375. The molecule has 76 valence electrons. The standard InChI is InChI=1S/C13H19N/c1-3-4-11-14(2)12-10-13-8-6-5-7-9-13/h3-9H,10-12H2,1-2H3/b4-3+. The molecule has 1 heteroatoms. The molecule has 0 bridgehead atoms. The summed E-state index contributed by atoms with van der Waals surface area (Å²) in [6.07, 6.45) is 5.42. The average Bonchev–Trinajstić information content (AvgIpc) is 2.25. The predicted octanol–water partition coefficient (Wildman–Crippen LogP) is 2.74. The van der Waals surface area contributed by atoms with E-state index in [0.717, 1.165) is 19.5 Å². The van der Waals surface area contributed by atoms with Gasteiger partial charge in [0, 0.05) is 13.1 Å². The summed E-state index contributed by atoms with van der Waals surface area (Å²) in [6.45, 7) is 4.22. The van der Waals surface area contributed by atoms with Crippen LogP contribution in [-0.4, -0.2) is 25.0 Å². The van der Waals surface area contributed by atoms with Crippen LogP contribution in [0.15, 0.2) is 42.5 Å². The Morgan fingerprint density at radius 3 is 2.57 bits per heavy atom. The molecule has 14 heavy (non-hydrogen) atoms. The third-order valence-electron chi connectivity index (χ3n) is 2.28. The van der Waals surface area contributed by atoms with Crippen molar-refractivity contribution in [2.45, 2.75) is 13.3 Å². The van der Waals surface area contributed by atoms with Gasteiger partial charge < -0.3 is 4.90 Å². The summed E-state index contributed by atoms with van der Waals surface area (Å²) in [6, 6.07) is 10.6. The van der Waals surface area contributed by atoms with E-state index in [1.807, 2.05) is 0 Å². The lowest BCUT2D eigenvalue weighted by Crippen LogP contribution is -2.21. The van der Waals surface area contributed by atoms with Crippen molar-refractivity contribution in [1.82, 2.24) is 4.90 Å². The smallest absolute Gasteiger partial charge is 0.0160 e. The molecule has 0 saturated carbocycles. The van der Waals surface area contributed by atoms with Gasteiger partial charge in [-0.1, -0.05) is 42.5 Å². The van der Waals surface area contributed by atoms with Gasteiger partial charge in [-0.3, -0.25) is 0 Å². The van der Waals surface area contributed by atoms with Crippen molar-refractivity contribution in [2.24, 2.45) is 0 Å². The van der Waals surface area contributed by atoms with Crippen molar-refractivity contribution >= 4 is 0 Å². The Balaban J connectivity index is 2.27. The quantitative estimate of drug-likeness (QED) is 0.644. The van der Waals surface area contributed by atoms with E-state index in [-0.39, 0.29) is 0 Å². The van der Waals surface area contributed by atoms with Crippen LogP contribution in [0.1, 0.15) is 12.5 Å². The molecule has 0 amide bonds. The van der Waals surface area contributed by atoms with E-state index < -0.39 is 0 Å². The Morgan fingerprint density at radius 1 is 1.21 bits per heavy atom. The Morgan fingerprint density at radius 2 is 1.93 bits per heavy atom. The maximum atomic E-state index is 2.33. The van der Waals surface area contributed by atoms with Gasteiger partial charge in [0.05, 0.1) is 0 Å². The van der Waals surface area contributed by atoms with Gasteiger partial charge in [-0.15, -0.1) is 0 Å². The molecule has 1 aromatic carbocycles. The zero-order chi connectivity index (χ0) is 10.2. The van der Waals surface area contributed by atoms with Crippen molar-refractivity contribution in [3.8, 4) is 0 Å². The third-order valence-corrected chi connectivity index (χ3v) is 2.28. The highest BCUT2D eigenvalue weighted by Crippen LogP contribution is 2.00. The van der Waals surface area contributed by atoms with Gasteiger partial charge in [-0.05, 0) is 26.0 Å². The summed E-state index contributed by atoms with van der Waals surface area (Å²) in [5, 5.41) is 0. The molecule has 0 aliphatic rings. The number of nitrogens with zero attached hydrogens (tertiary/aromatic N) is 1. The van der Waals surface area contributed by atoms with E-state index >= 15 is 0 Å². The topological polar surface area (TPSA) is 3.24 Å². The Labute approximate surface area is 87.1 Å². The van der Waals surface area contributed by atoms with Crippen molar-refractivity contribution in [3.63, 3.8) is 0 Å². The number of benzene rings is 1. The minimum atomic E-state index is 1.04. The fraction of sp³-hybridized carbons (Fsp3) is 0.385. The molecule has 1 nitrogen and oxygen atoms in total. The second-order valence-electron chi connectivity index (χ2n) is 3.57. The second-order valence-corrected chi connectivity index (χ2v) is 3.57. The first-order valence-electron chi connectivity index (χ1n) is 5.16. The SMILES string of the molecule is C/C=C/CN(C)CCc1ccccc1. The van der Waals surface area contributed by atoms with Crippen LogP contribution in [0.3, 0.4) is 0 Å². The van der Waals surface area contributed by atoms with Crippen LogP contribution in [0.25, 0.3) is 0 Å². The number of hydrogen-bond donors (Lipinski definition) is 0. The monoisotopic (exact) mass is 189 g/mol. The minimum absolute atomic E-state index is 1.04. The summed E-state index contributed by atoms with van der Waals surface area (Å²) < 4.78 is 0. The molecule has 0 spiro atoms. The molecular weight excluding hydrogens is 170 g/mol. The third kappa shape index (κ3) is 4.24. The molecule has 0 aliphatic carbocycles. The van der Waals surface area contributed by atoms with Crippen molar-refractivity contribution in [1.29, 1.82) is 0 Å². The summed E-state index contributed by atoms with van der Waals surface area (Å²) in [5.41, 5.74) is 1.42.